The van der Waals surface area contributed by atoms with Crippen molar-refractivity contribution in [2.45, 2.75) is 0 Å². The molecular weight excluding hydrogens is 791 g/mol. The van der Waals surface area contributed by atoms with E-state index in [1.807, 2.05) is 18.2 Å². The molecule has 0 atom stereocenters. The molecule has 0 aliphatic heterocycles. The molecule has 2 aromatic heterocycles. The molecule has 0 N–H and O–H groups in total. The lowest BCUT2D eigenvalue weighted by atomic mass is 9.90. The van der Waals surface area contributed by atoms with E-state index in [2.05, 4.69) is 218 Å². The van der Waals surface area contributed by atoms with E-state index in [4.69, 9.17) is 19.4 Å². The van der Waals surface area contributed by atoms with Crippen LogP contribution in [0.3, 0.4) is 0 Å². The van der Waals surface area contributed by atoms with E-state index in [0.29, 0.717) is 17.5 Å². The lowest BCUT2D eigenvalue weighted by molar-refractivity contribution is 0.670. The van der Waals surface area contributed by atoms with Gasteiger partial charge in [0.05, 0.1) is 0 Å². The fourth-order valence-electron chi connectivity index (χ4n) is 9.08. The van der Waals surface area contributed by atoms with Crippen LogP contribution in [0.4, 0.5) is 0 Å². The standard InChI is InChI=1S/C61H39N3O/c1-4-14-40(15-5-1)42-26-31-46(32-27-42)59-62-60(47-33-28-43(29-34-47)49-35-30-41-16-10-11-21-48(41)38-49)64-61(63-59)54-24-13-25-56-57(54)53-23-12-22-52(58(53)65-56)50-36-37-51(44-17-6-2-7-18-44)55(39-50)45-19-8-3-9-20-45/h1-39H. The van der Waals surface area contributed by atoms with Gasteiger partial charge in [0, 0.05) is 33.0 Å². The van der Waals surface area contributed by atoms with Crippen LogP contribution in [-0.4, -0.2) is 15.0 Å². The van der Waals surface area contributed by atoms with Gasteiger partial charge in [0.2, 0.25) is 0 Å². The molecule has 0 saturated heterocycles. The number of aromatic nitrogens is 3. The van der Waals surface area contributed by atoms with E-state index in [0.717, 1.165) is 83.1 Å². The zero-order chi connectivity index (χ0) is 43.1. The lowest BCUT2D eigenvalue weighted by Crippen LogP contribution is -2.00. The van der Waals surface area contributed by atoms with Crippen molar-refractivity contribution in [2.24, 2.45) is 0 Å². The molecule has 0 aliphatic carbocycles. The minimum atomic E-state index is 0.577. The zero-order valence-electron chi connectivity index (χ0n) is 35.3. The van der Waals surface area contributed by atoms with Gasteiger partial charge in [0.15, 0.2) is 17.5 Å². The molecule has 65 heavy (non-hydrogen) atoms. The summed E-state index contributed by atoms with van der Waals surface area (Å²) in [6.45, 7) is 0. The maximum atomic E-state index is 6.86. The van der Waals surface area contributed by atoms with Gasteiger partial charge in [0.25, 0.3) is 0 Å². The Kier molecular flexibility index (Phi) is 9.46. The lowest BCUT2D eigenvalue weighted by Gasteiger charge is -2.13. The van der Waals surface area contributed by atoms with E-state index in [-0.39, 0.29) is 0 Å². The quantitative estimate of drug-likeness (QED) is 0.153. The van der Waals surface area contributed by atoms with Crippen molar-refractivity contribution in [3.05, 3.63) is 237 Å². The van der Waals surface area contributed by atoms with Gasteiger partial charge in [-0.15, -0.1) is 0 Å². The van der Waals surface area contributed by atoms with Gasteiger partial charge in [-0.3, -0.25) is 0 Å². The molecule has 12 aromatic rings. The normalized spacial score (nSPS) is 11.4. The fourth-order valence-corrected chi connectivity index (χ4v) is 9.08. The molecule has 12 rings (SSSR count). The summed E-state index contributed by atoms with van der Waals surface area (Å²) in [5.74, 6) is 1.77. The van der Waals surface area contributed by atoms with Crippen LogP contribution in [0, 0.1) is 0 Å². The van der Waals surface area contributed by atoms with E-state index in [1.54, 1.807) is 0 Å². The first-order chi connectivity index (χ1) is 32.2. The first-order valence-corrected chi connectivity index (χ1v) is 21.9. The fraction of sp³-hybridized carbons (Fsp3) is 0. The van der Waals surface area contributed by atoms with Crippen molar-refractivity contribution < 1.29 is 4.42 Å². The number of hydrogen-bond acceptors (Lipinski definition) is 4. The smallest absolute Gasteiger partial charge is 0.164 e. The van der Waals surface area contributed by atoms with Gasteiger partial charge in [-0.05, 0) is 79.0 Å². The number of furan rings is 1. The molecule has 304 valence electrons. The molecule has 0 amide bonds. The third kappa shape index (κ3) is 7.13. The average molecular weight is 830 g/mol. The molecule has 0 radical (unpaired) electrons. The van der Waals surface area contributed by atoms with Crippen molar-refractivity contribution >= 4 is 32.7 Å². The monoisotopic (exact) mass is 829 g/mol. The molecule has 4 nitrogen and oxygen atoms in total. The van der Waals surface area contributed by atoms with Gasteiger partial charge in [-0.2, -0.15) is 0 Å². The van der Waals surface area contributed by atoms with Crippen LogP contribution in [0.2, 0.25) is 0 Å². The number of benzene rings is 10. The highest BCUT2D eigenvalue weighted by Crippen LogP contribution is 2.43. The molecule has 2 heterocycles. The van der Waals surface area contributed by atoms with Gasteiger partial charge in [0.1, 0.15) is 11.2 Å². The summed E-state index contributed by atoms with van der Waals surface area (Å²) >= 11 is 0. The molecular formula is C61H39N3O. The first kappa shape index (κ1) is 38.0. The van der Waals surface area contributed by atoms with E-state index >= 15 is 0 Å². The second-order valence-electron chi connectivity index (χ2n) is 16.3. The van der Waals surface area contributed by atoms with Crippen LogP contribution in [-0.2, 0) is 0 Å². The number of rotatable bonds is 8. The Hall–Kier alpha value is -8.73. The van der Waals surface area contributed by atoms with E-state index in [1.165, 1.54) is 21.9 Å². The predicted molar refractivity (Wildman–Crippen MR) is 268 cm³/mol. The number of nitrogens with zero attached hydrogens (tertiary/aromatic N) is 3. The van der Waals surface area contributed by atoms with Gasteiger partial charge >= 0.3 is 0 Å². The summed E-state index contributed by atoms with van der Waals surface area (Å²) in [6, 6.07) is 82.9. The summed E-state index contributed by atoms with van der Waals surface area (Å²) in [5.41, 5.74) is 15.6. The number of fused-ring (bicyclic) bond motifs is 4. The maximum Gasteiger partial charge on any atom is 0.164 e. The Morgan fingerprint density at radius 3 is 1.43 bits per heavy atom. The molecule has 10 aromatic carbocycles. The molecule has 0 saturated carbocycles. The minimum absolute atomic E-state index is 0.577. The van der Waals surface area contributed by atoms with Crippen molar-refractivity contribution in [1.82, 2.24) is 15.0 Å². The highest BCUT2D eigenvalue weighted by molar-refractivity contribution is 6.15. The molecule has 4 heteroatoms. The van der Waals surface area contributed by atoms with Crippen molar-refractivity contribution in [3.63, 3.8) is 0 Å². The number of hydrogen-bond donors (Lipinski definition) is 0. The van der Waals surface area contributed by atoms with Crippen LogP contribution in [0.25, 0.3) is 123 Å². The van der Waals surface area contributed by atoms with Crippen LogP contribution < -0.4 is 0 Å². The summed E-state index contributed by atoms with van der Waals surface area (Å²) in [4.78, 5) is 15.6. The Morgan fingerprint density at radius 1 is 0.262 bits per heavy atom. The van der Waals surface area contributed by atoms with Gasteiger partial charge < -0.3 is 4.42 Å². The highest BCUT2D eigenvalue weighted by Gasteiger charge is 2.21. The largest absolute Gasteiger partial charge is 0.455 e. The Morgan fingerprint density at radius 2 is 0.754 bits per heavy atom. The molecule has 0 spiro atoms. The SMILES string of the molecule is c1ccc(-c2ccc(-c3nc(-c4ccc(-c5ccc6ccccc6c5)cc4)nc(-c4cccc5oc6c(-c7ccc(-c8ccccc8)c(-c8ccccc8)c7)cccc6c45)n3)cc2)cc1. The zero-order valence-corrected chi connectivity index (χ0v) is 35.3. The first-order valence-electron chi connectivity index (χ1n) is 21.9. The molecule has 0 bridgehead atoms. The third-order valence-electron chi connectivity index (χ3n) is 12.4. The van der Waals surface area contributed by atoms with Gasteiger partial charge in [-0.25, -0.2) is 15.0 Å². The Balaban J connectivity index is 0.994. The third-order valence-corrected chi connectivity index (χ3v) is 12.4. The highest BCUT2D eigenvalue weighted by atomic mass is 16.3. The van der Waals surface area contributed by atoms with Crippen LogP contribution in [0.1, 0.15) is 0 Å². The molecule has 0 aliphatic rings. The topological polar surface area (TPSA) is 51.8 Å². The van der Waals surface area contributed by atoms with Crippen molar-refractivity contribution in [2.75, 3.05) is 0 Å². The van der Waals surface area contributed by atoms with Gasteiger partial charge in [-0.1, -0.05) is 218 Å². The molecule has 0 fully saturated rings. The minimum Gasteiger partial charge on any atom is -0.455 e. The van der Waals surface area contributed by atoms with Crippen molar-refractivity contribution in [3.8, 4) is 89.8 Å². The van der Waals surface area contributed by atoms with E-state index in [9.17, 15) is 0 Å². The molecule has 0 unspecified atom stereocenters. The van der Waals surface area contributed by atoms with Crippen LogP contribution >= 0.6 is 0 Å². The summed E-state index contributed by atoms with van der Waals surface area (Å²) in [7, 11) is 0. The predicted octanol–water partition coefficient (Wildman–Crippen LogP) is 16.3. The maximum absolute atomic E-state index is 6.86. The summed E-state index contributed by atoms with van der Waals surface area (Å²) < 4.78 is 6.86. The Bertz CT molecular complexity index is 3670. The average Bonchev–Trinajstić information content (AvgIpc) is 3.78. The number of para-hydroxylation sites is 1. The van der Waals surface area contributed by atoms with E-state index < -0.39 is 0 Å². The second kappa shape index (κ2) is 16.2. The van der Waals surface area contributed by atoms with Crippen LogP contribution in [0.5, 0.6) is 0 Å². The Labute approximate surface area is 376 Å². The van der Waals surface area contributed by atoms with Crippen molar-refractivity contribution in [1.29, 1.82) is 0 Å². The summed E-state index contributed by atoms with van der Waals surface area (Å²) in [6.07, 6.45) is 0. The summed E-state index contributed by atoms with van der Waals surface area (Å²) in [5, 5.41) is 4.39. The second-order valence-corrected chi connectivity index (χ2v) is 16.3. The van der Waals surface area contributed by atoms with Crippen LogP contribution in [0.15, 0.2) is 241 Å².